The summed E-state index contributed by atoms with van der Waals surface area (Å²) >= 11 is 0. The molecule has 0 amide bonds. The van der Waals surface area contributed by atoms with Gasteiger partial charge in [-0.2, -0.15) is 0 Å². The molecular formula is C16H34OSi. The van der Waals surface area contributed by atoms with Gasteiger partial charge in [-0.1, -0.05) is 83.4 Å². The van der Waals surface area contributed by atoms with Crippen LogP contribution in [-0.2, 0) is 4.43 Å². The van der Waals surface area contributed by atoms with Crippen molar-refractivity contribution in [1.29, 1.82) is 0 Å². The molecule has 0 aromatic heterocycles. The van der Waals surface area contributed by atoms with Crippen LogP contribution in [0.25, 0.3) is 0 Å². The zero-order valence-corrected chi connectivity index (χ0v) is 14.2. The van der Waals surface area contributed by atoms with Gasteiger partial charge in [0.1, 0.15) is 0 Å². The molecule has 0 rings (SSSR count). The lowest BCUT2D eigenvalue weighted by atomic mass is 10.1. The first-order valence-electron chi connectivity index (χ1n) is 8.14. The number of hydrogen-bond acceptors (Lipinski definition) is 1. The molecule has 2 heteroatoms. The molecule has 0 aliphatic heterocycles. The fourth-order valence-corrected chi connectivity index (χ4v) is 3.05. The molecule has 0 N–H and O–H groups in total. The van der Waals surface area contributed by atoms with Gasteiger partial charge in [0.15, 0.2) is 9.76 Å². The first-order chi connectivity index (χ1) is 8.91. The highest BCUT2D eigenvalue weighted by Gasteiger charge is 1.92. The molecule has 0 saturated carbocycles. The fraction of sp³-hybridized carbons (Fsp3) is 0.875. The highest BCUT2D eigenvalue weighted by atomic mass is 28.2. The lowest BCUT2D eigenvalue weighted by Crippen LogP contribution is -1.97. The van der Waals surface area contributed by atoms with Crippen molar-refractivity contribution < 1.29 is 4.43 Å². The van der Waals surface area contributed by atoms with Gasteiger partial charge in [-0.25, -0.2) is 0 Å². The van der Waals surface area contributed by atoms with Crippen molar-refractivity contribution >= 4 is 9.76 Å². The Labute approximate surface area is 117 Å². The van der Waals surface area contributed by atoms with Gasteiger partial charge in [0.05, 0.1) is 0 Å². The normalized spacial score (nSPS) is 12.1. The summed E-state index contributed by atoms with van der Waals surface area (Å²) in [5, 5.41) is 0. The van der Waals surface area contributed by atoms with Crippen LogP contribution in [-0.4, -0.2) is 16.4 Å². The summed E-state index contributed by atoms with van der Waals surface area (Å²) < 4.78 is 5.66. The smallest absolute Gasteiger partial charge is 0.184 e. The van der Waals surface area contributed by atoms with E-state index in [1.807, 2.05) is 0 Å². The minimum Gasteiger partial charge on any atom is -0.419 e. The third kappa shape index (κ3) is 15.9. The van der Waals surface area contributed by atoms with E-state index in [1.165, 1.54) is 64.2 Å². The molecule has 0 bridgehead atoms. The van der Waals surface area contributed by atoms with Crippen molar-refractivity contribution in [3.8, 4) is 0 Å². The van der Waals surface area contributed by atoms with Crippen LogP contribution in [0.4, 0.5) is 0 Å². The maximum Gasteiger partial charge on any atom is 0.184 e. The van der Waals surface area contributed by atoms with E-state index >= 15 is 0 Å². The van der Waals surface area contributed by atoms with Gasteiger partial charge in [0, 0.05) is 6.61 Å². The van der Waals surface area contributed by atoms with E-state index in [9.17, 15) is 0 Å². The minimum atomic E-state index is -0.336. The Hall–Kier alpha value is -0.0831. The van der Waals surface area contributed by atoms with Gasteiger partial charge < -0.3 is 4.43 Å². The predicted octanol–water partition coefficient (Wildman–Crippen LogP) is 4.93. The van der Waals surface area contributed by atoms with Crippen molar-refractivity contribution in [2.24, 2.45) is 0 Å². The minimum absolute atomic E-state index is 0.336. The summed E-state index contributed by atoms with van der Waals surface area (Å²) in [6, 6.07) is 0. The number of hydrogen-bond donors (Lipinski definition) is 0. The van der Waals surface area contributed by atoms with E-state index in [0.29, 0.717) is 0 Å². The zero-order chi connectivity index (χ0) is 13.3. The van der Waals surface area contributed by atoms with E-state index < -0.39 is 0 Å². The number of rotatable bonds is 14. The van der Waals surface area contributed by atoms with Crippen LogP contribution in [0, 0.1) is 0 Å². The van der Waals surface area contributed by atoms with E-state index in [1.54, 1.807) is 0 Å². The lowest BCUT2D eigenvalue weighted by Gasteiger charge is -2.03. The third-order valence-corrected chi connectivity index (χ3v) is 4.31. The van der Waals surface area contributed by atoms with Crippen LogP contribution >= 0.6 is 0 Å². The van der Waals surface area contributed by atoms with Crippen LogP contribution in [0.3, 0.4) is 0 Å². The summed E-state index contributed by atoms with van der Waals surface area (Å²) in [5.41, 5.74) is 2.26. The van der Waals surface area contributed by atoms with Gasteiger partial charge >= 0.3 is 0 Å². The van der Waals surface area contributed by atoms with Crippen LogP contribution in [0.2, 0.25) is 0 Å². The molecule has 0 saturated heterocycles. The Balaban J connectivity index is 2.92. The predicted molar refractivity (Wildman–Crippen MR) is 85.8 cm³/mol. The second kappa shape index (κ2) is 16.9. The van der Waals surface area contributed by atoms with Gasteiger partial charge in [-0.3, -0.25) is 0 Å². The maximum absolute atomic E-state index is 5.66. The highest BCUT2D eigenvalue weighted by Crippen LogP contribution is 2.10. The Bertz CT molecular complexity index is 168. The maximum atomic E-state index is 5.66. The Kier molecular flexibility index (Phi) is 16.8. The first-order valence-corrected chi connectivity index (χ1v) is 9.54. The van der Waals surface area contributed by atoms with Crippen molar-refractivity contribution in [3.63, 3.8) is 0 Å². The Morgan fingerprint density at radius 1 is 0.778 bits per heavy atom. The van der Waals surface area contributed by atoms with Crippen LogP contribution < -0.4 is 0 Å². The average molecular weight is 271 g/mol. The molecule has 0 atom stereocenters. The Morgan fingerprint density at radius 2 is 1.33 bits per heavy atom. The molecule has 0 fully saturated rings. The second-order valence-corrected chi connectivity index (χ2v) is 6.35. The largest absolute Gasteiger partial charge is 0.419 e. The molecule has 18 heavy (non-hydrogen) atoms. The number of unbranched alkanes of at least 4 members (excludes halogenated alkanes) is 9. The quantitative estimate of drug-likeness (QED) is 0.321. The zero-order valence-electron chi connectivity index (χ0n) is 12.8. The summed E-state index contributed by atoms with van der Waals surface area (Å²) in [5.74, 6) is 0. The molecule has 0 aromatic carbocycles. The van der Waals surface area contributed by atoms with Crippen molar-refractivity contribution in [1.82, 2.24) is 0 Å². The Morgan fingerprint density at radius 3 is 1.89 bits per heavy atom. The lowest BCUT2D eigenvalue weighted by molar-refractivity contribution is 0.325. The van der Waals surface area contributed by atoms with Gasteiger partial charge in [0.2, 0.25) is 0 Å². The van der Waals surface area contributed by atoms with Crippen LogP contribution in [0.15, 0.2) is 11.8 Å². The molecule has 0 radical (unpaired) electrons. The summed E-state index contributed by atoms with van der Waals surface area (Å²) in [7, 11) is -0.336. The molecule has 1 nitrogen and oxygen atoms in total. The monoisotopic (exact) mass is 270 g/mol. The SMILES string of the molecule is CCC=C[SiH2]OCCCCCCCCCCCC. The molecule has 0 aliphatic carbocycles. The average Bonchev–Trinajstić information content (AvgIpc) is 2.39. The van der Waals surface area contributed by atoms with Gasteiger partial charge in [-0.15, -0.1) is 0 Å². The third-order valence-electron chi connectivity index (χ3n) is 3.26. The van der Waals surface area contributed by atoms with E-state index in [-0.39, 0.29) is 9.76 Å². The molecule has 0 unspecified atom stereocenters. The fourth-order valence-electron chi connectivity index (χ4n) is 2.08. The second-order valence-electron chi connectivity index (χ2n) is 5.14. The topological polar surface area (TPSA) is 9.23 Å². The summed E-state index contributed by atoms with van der Waals surface area (Å²) in [4.78, 5) is 0. The van der Waals surface area contributed by atoms with E-state index in [0.717, 1.165) is 13.0 Å². The van der Waals surface area contributed by atoms with Gasteiger partial charge in [0.25, 0.3) is 0 Å². The molecule has 108 valence electrons. The van der Waals surface area contributed by atoms with Crippen LogP contribution in [0.5, 0.6) is 0 Å². The molecule has 0 heterocycles. The first kappa shape index (κ1) is 17.9. The number of allylic oxidation sites excluding steroid dienone is 1. The van der Waals surface area contributed by atoms with E-state index in [2.05, 4.69) is 25.6 Å². The molecule has 0 aromatic rings. The van der Waals surface area contributed by atoms with Crippen molar-refractivity contribution in [2.75, 3.05) is 6.61 Å². The molecule has 0 spiro atoms. The van der Waals surface area contributed by atoms with Crippen LogP contribution in [0.1, 0.15) is 84.5 Å². The van der Waals surface area contributed by atoms with Gasteiger partial charge in [-0.05, 0) is 12.8 Å². The standard InChI is InChI=1S/C16H34OSi/c1-3-5-7-8-9-10-11-12-13-14-15-17-18-16-6-4-2/h6,16H,3-5,7-15,18H2,1-2H3. The highest BCUT2D eigenvalue weighted by molar-refractivity contribution is 6.34. The van der Waals surface area contributed by atoms with E-state index in [4.69, 9.17) is 4.43 Å². The van der Waals surface area contributed by atoms with Crippen molar-refractivity contribution in [3.05, 3.63) is 11.8 Å². The summed E-state index contributed by atoms with van der Waals surface area (Å²) in [6.07, 6.45) is 17.4. The van der Waals surface area contributed by atoms with Crippen molar-refractivity contribution in [2.45, 2.75) is 84.5 Å². The molecular weight excluding hydrogens is 236 g/mol. The summed E-state index contributed by atoms with van der Waals surface area (Å²) in [6.45, 7) is 5.45. The molecule has 0 aliphatic rings.